The molecule has 0 N–H and O–H groups in total. The third kappa shape index (κ3) is 2.91. The minimum absolute atomic E-state index is 0.213. The number of hydrogen-bond acceptors (Lipinski definition) is 4. The van der Waals surface area contributed by atoms with Gasteiger partial charge in [0.1, 0.15) is 0 Å². The first-order chi connectivity index (χ1) is 9.74. The number of rotatable bonds is 1. The lowest BCUT2D eigenvalue weighted by Gasteiger charge is -2.32. The zero-order chi connectivity index (χ0) is 13.9. The Kier molecular flexibility index (Phi) is 4.13. The number of allylic oxidation sites excluding steroid dienone is 1. The van der Waals surface area contributed by atoms with Gasteiger partial charge in [-0.05, 0) is 25.6 Å². The Morgan fingerprint density at radius 1 is 1.15 bits per heavy atom. The van der Waals surface area contributed by atoms with E-state index in [0.717, 1.165) is 54.4 Å². The molecule has 0 aromatic heterocycles. The maximum absolute atomic E-state index is 12.7. The number of Topliss-reactive ketones (excluding diaryl/α,β-unsaturated/α-hetero) is 1. The van der Waals surface area contributed by atoms with Crippen LogP contribution < -0.4 is 0 Å². The maximum Gasteiger partial charge on any atom is 0.191 e. The topological polar surface area (TPSA) is 23.6 Å². The van der Waals surface area contributed by atoms with Gasteiger partial charge < -0.3 is 9.80 Å². The van der Waals surface area contributed by atoms with E-state index in [1.165, 1.54) is 0 Å². The lowest BCUT2D eigenvalue weighted by molar-refractivity contribution is 0.102. The first-order valence-corrected chi connectivity index (χ1v) is 8.12. The molecule has 4 heteroatoms. The summed E-state index contributed by atoms with van der Waals surface area (Å²) in [7, 11) is 2.15. The lowest BCUT2D eigenvalue weighted by Crippen LogP contribution is -2.42. The Morgan fingerprint density at radius 3 is 2.70 bits per heavy atom. The molecule has 1 aromatic carbocycles. The summed E-state index contributed by atoms with van der Waals surface area (Å²) in [6.45, 7) is 4.18. The fourth-order valence-corrected chi connectivity index (χ4v) is 3.67. The van der Waals surface area contributed by atoms with Crippen molar-refractivity contribution in [2.45, 2.75) is 11.3 Å². The Bertz CT molecular complexity index is 533. The molecule has 2 heterocycles. The minimum atomic E-state index is 0.213. The van der Waals surface area contributed by atoms with E-state index in [0.29, 0.717) is 0 Å². The molecule has 2 aliphatic rings. The largest absolute Gasteiger partial charge is 0.374 e. The maximum atomic E-state index is 12.7. The molecule has 2 aliphatic heterocycles. The normalized spacial score (nSPS) is 22.8. The van der Waals surface area contributed by atoms with E-state index >= 15 is 0 Å². The van der Waals surface area contributed by atoms with E-state index in [1.54, 1.807) is 11.8 Å². The number of carbonyl (C=O) groups excluding carboxylic acids is 1. The van der Waals surface area contributed by atoms with Crippen LogP contribution in [0.3, 0.4) is 0 Å². The highest BCUT2D eigenvalue weighted by Gasteiger charge is 2.21. The van der Waals surface area contributed by atoms with Crippen molar-refractivity contribution < 1.29 is 4.79 Å². The van der Waals surface area contributed by atoms with Crippen molar-refractivity contribution in [2.24, 2.45) is 0 Å². The van der Waals surface area contributed by atoms with E-state index in [-0.39, 0.29) is 5.78 Å². The van der Waals surface area contributed by atoms with Crippen LogP contribution >= 0.6 is 11.8 Å². The zero-order valence-corrected chi connectivity index (χ0v) is 12.7. The number of benzene rings is 1. The smallest absolute Gasteiger partial charge is 0.191 e. The first kappa shape index (κ1) is 13.7. The van der Waals surface area contributed by atoms with Crippen molar-refractivity contribution >= 4 is 17.5 Å². The van der Waals surface area contributed by atoms with Crippen molar-refractivity contribution in [3.63, 3.8) is 0 Å². The molecule has 0 unspecified atom stereocenters. The Balaban J connectivity index is 1.82. The van der Waals surface area contributed by atoms with Crippen LogP contribution in [0.4, 0.5) is 0 Å². The van der Waals surface area contributed by atoms with Gasteiger partial charge in [-0.1, -0.05) is 12.1 Å². The zero-order valence-electron chi connectivity index (χ0n) is 11.8. The molecule has 106 valence electrons. The van der Waals surface area contributed by atoms with Gasteiger partial charge >= 0.3 is 0 Å². The van der Waals surface area contributed by atoms with Gasteiger partial charge in [0.15, 0.2) is 5.78 Å². The third-order valence-corrected chi connectivity index (χ3v) is 5.00. The monoisotopic (exact) mass is 288 g/mol. The number of ketones is 1. The van der Waals surface area contributed by atoms with Crippen molar-refractivity contribution in [1.82, 2.24) is 9.80 Å². The van der Waals surface area contributed by atoms with Gasteiger partial charge in [-0.2, -0.15) is 0 Å². The second-order valence-electron chi connectivity index (χ2n) is 5.42. The molecule has 0 radical (unpaired) electrons. The number of nitrogens with zero attached hydrogens (tertiary/aromatic N) is 2. The number of fused-ring (bicyclic) bond motifs is 1. The molecular formula is C16H20N2OS. The molecule has 1 fully saturated rings. The minimum Gasteiger partial charge on any atom is -0.374 e. The van der Waals surface area contributed by atoms with Gasteiger partial charge in [0.2, 0.25) is 0 Å². The summed E-state index contributed by atoms with van der Waals surface area (Å²) in [5, 5.41) is 0. The van der Waals surface area contributed by atoms with Gasteiger partial charge in [-0.3, -0.25) is 4.79 Å². The van der Waals surface area contributed by atoms with Crippen LogP contribution in [0.25, 0.3) is 0 Å². The van der Waals surface area contributed by atoms with Crippen molar-refractivity contribution in [1.29, 1.82) is 0 Å². The summed E-state index contributed by atoms with van der Waals surface area (Å²) in [5.41, 5.74) is 1.84. The third-order valence-electron chi connectivity index (χ3n) is 3.93. The SMILES string of the molecule is CN1CCN(/C=C2\CCSc3ccccc3C2=O)CC1. The predicted molar refractivity (Wildman–Crippen MR) is 83.3 cm³/mol. The second-order valence-corrected chi connectivity index (χ2v) is 6.55. The van der Waals surface area contributed by atoms with Gasteiger partial charge in [0.05, 0.1) is 0 Å². The van der Waals surface area contributed by atoms with Gasteiger partial charge in [-0.15, -0.1) is 11.8 Å². The van der Waals surface area contributed by atoms with E-state index in [4.69, 9.17) is 0 Å². The molecule has 0 atom stereocenters. The van der Waals surface area contributed by atoms with Crippen LogP contribution in [0.2, 0.25) is 0 Å². The van der Waals surface area contributed by atoms with Crippen molar-refractivity contribution in [3.05, 3.63) is 41.6 Å². The van der Waals surface area contributed by atoms with Crippen LogP contribution in [-0.2, 0) is 0 Å². The molecule has 0 bridgehead atoms. The molecule has 3 rings (SSSR count). The van der Waals surface area contributed by atoms with Crippen LogP contribution in [-0.4, -0.2) is 54.6 Å². The summed E-state index contributed by atoms with van der Waals surface area (Å²) in [6.07, 6.45) is 2.97. The average Bonchev–Trinajstić information content (AvgIpc) is 2.62. The highest BCUT2D eigenvalue weighted by molar-refractivity contribution is 7.99. The molecular weight excluding hydrogens is 268 g/mol. The molecule has 20 heavy (non-hydrogen) atoms. The van der Waals surface area contributed by atoms with E-state index in [1.807, 2.05) is 18.2 Å². The first-order valence-electron chi connectivity index (χ1n) is 7.14. The number of piperazine rings is 1. The Morgan fingerprint density at radius 2 is 1.90 bits per heavy atom. The summed E-state index contributed by atoms with van der Waals surface area (Å²) in [5.74, 6) is 1.20. The number of carbonyl (C=O) groups is 1. The number of hydrogen-bond donors (Lipinski definition) is 0. The summed E-state index contributed by atoms with van der Waals surface area (Å²) >= 11 is 1.79. The van der Waals surface area contributed by atoms with E-state index in [9.17, 15) is 4.79 Å². The lowest BCUT2D eigenvalue weighted by atomic mass is 10.0. The van der Waals surface area contributed by atoms with Crippen LogP contribution in [0, 0.1) is 0 Å². The van der Waals surface area contributed by atoms with E-state index < -0.39 is 0 Å². The molecule has 3 nitrogen and oxygen atoms in total. The summed E-state index contributed by atoms with van der Waals surface area (Å²) in [4.78, 5) is 18.4. The van der Waals surface area contributed by atoms with Gasteiger partial charge in [0.25, 0.3) is 0 Å². The van der Waals surface area contributed by atoms with Crippen LogP contribution in [0.1, 0.15) is 16.8 Å². The van der Waals surface area contributed by atoms with E-state index in [2.05, 4.69) is 29.1 Å². The summed E-state index contributed by atoms with van der Waals surface area (Å²) in [6, 6.07) is 7.97. The standard InChI is InChI=1S/C16H20N2OS/c1-17-7-9-18(10-8-17)12-13-6-11-20-15-5-3-2-4-14(15)16(13)19/h2-5,12H,6-11H2,1H3/b13-12+. The average molecular weight is 288 g/mol. The number of likely N-dealkylation sites (N-methyl/N-ethyl adjacent to an activating group) is 1. The molecule has 1 saturated heterocycles. The summed E-state index contributed by atoms with van der Waals surface area (Å²) < 4.78 is 0. The fraction of sp³-hybridized carbons (Fsp3) is 0.438. The van der Waals surface area contributed by atoms with Crippen molar-refractivity contribution in [3.8, 4) is 0 Å². The van der Waals surface area contributed by atoms with Crippen molar-refractivity contribution in [2.75, 3.05) is 39.0 Å². The van der Waals surface area contributed by atoms with Crippen LogP contribution in [0.5, 0.6) is 0 Å². The molecule has 0 spiro atoms. The van der Waals surface area contributed by atoms with Gasteiger partial charge in [0, 0.05) is 54.2 Å². The van der Waals surface area contributed by atoms with Crippen LogP contribution in [0.15, 0.2) is 40.9 Å². The predicted octanol–water partition coefficient (Wildman–Crippen LogP) is 2.50. The Labute approximate surface area is 124 Å². The second kappa shape index (κ2) is 6.02. The highest BCUT2D eigenvalue weighted by Crippen LogP contribution is 2.31. The number of thioether (sulfide) groups is 1. The fourth-order valence-electron chi connectivity index (χ4n) is 2.63. The molecule has 0 amide bonds. The molecule has 0 aliphatic carbocycles. The molecule has 1 aromatic rings. The van der Waals surface area contributed by atoms with Gasteiger partial charge in [-0.25, -0.2) is 0 Å². The molecule has 0 saturated carbocycles. The highest BCUT2D eigenvalue weighted by atomic mass is 32.2. The Hall–Kier alpha value is -1.26. The quantitative estimate of drug-likeness (QED) is 0.741.